The molecule has 0 aliphatic heterocycles. The van der Waals surface area contributed by atoms with E-state index in [1.807, 2.05) is 5.38 Å². The van der Waals surface area contributed by atoms with Gasteiger partial charge in [-0.3, -0.25) is 4.79 Å². The van der Waals surface area contributed by atoms with Crippen LogP contribution in [0.2, 0.25) is 5.15 Å². The molecule has 0 unspecified atom stereocenters. The Morgan fingerprint density at radius 1 is 1.47 bits per heavy atom. The molecule has 0 aliphatic carbocycles. The number of anilines is 1. The number of amides is 1. The first-order valence-electron chi connectivity index (χ1n) is 5.50. The molecule has 8 heteroatoms. The molecule has 4 N–H and O–H groups in total. The van der Waals surface area contributed by atoms with Crippen LogP contribution in [0.1, 0.15) is 15.4 Å². The summed E-state index contributed by atoms with van der Waals surface area (Å²) in [5.41, 5.74) is 2.77. The number of carbonyl (C=O) groups excluding carboxylic acids is 1. The zero-order valence-electron chi connectivity index (χ0n) is 9.89. The van der Waals surface area contributed by atoms with E-state index in [0.717, 1.165) is 5.01 Å². The summed E-state index contributed by atoms with van der Waals surface area (Å²) >= 11 is 7.35. The second-order valence-corrected chi connectivity index (χ2v) is 5.01. The zero-order valence-corrected chi connectivity index (χ0v) is 11.5. The standard InChI is InChI=1S/C11H12ClN5OS/c12-8-5-7(6-9(16-8)17-13)11(18)15-2-1-10-14-3-4-19-10/h3-6H,1-2,13H2,(H,15,18)(H,16,17). The predicted molar refractivity (Wildman–Crippen MR) is 75.2 cm³/mol. The smallest absolute Gasteiger partial charge is 0.251 e. The number of rotatable bonds is 5. The number of hydrogen-bond acceptors (Lipinski definition) is 6. The van der Waals surface area contributed by atoms with Gasteiger partial charge in [0.2, 0.25) is 0 Å². The van der Waals surface area contributed by atoms with Crippen LogP contribution in [-0.4, -0.2) is 22.4 Å². The molecule has 2 aromatic rings. The molecule has 0 saturated heterocycles. The molecule has 0 aromatic carbocycles. The summed E-state index contributed by atoms with van der Waals surface area (Å²) in [4.78, 5) is 19.9. The van der Waals surface area contributed by atoms with Gasteiger partial charge in [0.1, 0.15) is 11.0 Å². The summed E-state index contributed by atoms with van der Waals surface area (Å²) in [6.07, 6.45) is 2.44. The average molecular weight is 298 g/mol. The monoisotopic (exact) mass is 297 g/mol. The molecule has 0 saturated carbocycles. The summed E-state index contributed by atoms with van der Waals surface area (Å²) in [7, 11) is 0. The van der Waals surface area contributed by atoms with Crippen molar-refractivity contribution in [2.75, 3.05) is 12.0 Å². The molecular weight excluding hydrogens is 286 g/mol. The van der Waals surface area contributed by atoms with Crippen molar-refractivity contribution in [2.24, 2.45) is 5.84 Å². The van der Waals surface area contributed by atoms with Gasteiger partial charge < -0.3 is 10.7 Å². The first-order chi connectivity index (χ1) is 9.19. The van der Waals surface area contributed by atoms with Gasteiger partial charge in [0.25, 0.3) is 5.91 Å². The van der Waals surface area contributed by atoms with Crippen LogP contribution in [0.15, 0.2) is 23.7 Å². The number of thiazole rings is 1. The van der Waals surface area contributed by atoms with Crippen molar-refractivity contribution in [3.63, 3.8) is 0 Å². The van der Waals surface area contributed by atoms with Gasteiger partial charge in [-0.15, -0.1) is 11.3 Å². The lowest BCUT2D eigenvalue weighted by Gasteiger charge is -2.06. The summed E-state index contributed by atoms with van der Waals surface area (Å²) in [5, 5.41) is 5.88. The van der Waals surface area contributed by atoms with Crippen LogP contribution in [-0.2, 0) is 6.42 Å². The minimum absolute atomic E-state index is 0.209. The van der Waals surface area contributed by atoms with Gasteiger partial charge in [0, 0.05) is 30.1 Å². The fraction of sp³-hybridized carbons (Fsp3) is 0.182. The SMILES string of the molecule is NNc1cc(C(=O)NCCc2nccs2)cc(Cl)n1. The Labute approximate surface area is 119 Å². The third-order valence-corrected chi connectivity index (χ3v) is 3.35. The van der Waals surface area contributed by atoms with E-state index in [1.54, 1.807) is 17.5 Å². The van der Waals surface area contributed by atoms with Crippen LogP contribution in [0.3, 0.4) is 0 Å². The largest absolute Gasteiger partial charge is 0.352 e. The van der Waals surface area contributed by atoms with Gasteiger partial charge in [-0.1, -0.05) is 11.6 Å². The van der Waals surface area contributed by atoms with E-state index in [4.69, 9.17) is 17.4 Å². The molecule has 6 nitrogen and oxygen atoms in total. The lowest BCUT2D eigenvalue weighted by Crippen LogP contribution is -2.26. The van der Waals surface area contributed by atoms with Crippen molar-refractivity contribution in [1.29, 1.82) is 0 Å². The molecule has 100 valence electrons. The van der Waals surface area contributed by atoms with E-state index in [-0.39, 0.29) is 11.1 Å². The maximum Gasteiger partial charge on any atom is 0.251 e. The van der Waals surface area contributed by atoms with E-state index in [9.17, 15) is 4.79 Å². The molecule has 0 aliphatic rings. The average Bonchev–Trinajstić information content (AvgIpc) is 2.91. The van der Waals surface area contributed by atoms with Gasteiger partial charge in [-0.05, 0) is 12.1 Å². The lowest BCUT2D eigenvalue weighted by atomic mass is 10.2. The first-order valence-corrected chi connectivity index (χ1v) is 6.75. The molecule has 1 amide bonds. The number of nitrogen functional groups attached to an aromatic ring is 1. The van der Waals surface area contributed by atoms with Crippen LogP contribution in [0.25, 0.3) is 0 Å². The molecule has 2 heterocycles. The summed E-state index contributed by atoms with van der Waals surface area (Å²) in [5.74, 6) is 5.36. The van der Waals surface area contributed by atoms with Gasteiger partial charge in [-0.2, -0.15) is 0 Å². The quantitative estimate of drug-likeness (QED) is 0.441. The van der Waals surface area contributed by atoms with Crippen molar-refractivity contribution in [3.8, 4) is 0 Å². The Morgan fingerprint density at radius 2 is 2.32 bits per heavy atom. The Hall–Kier alpha value is -1.70. The lowest BCUT2D eigenvalue weighted by molar-refractivity contribution is 0.0954. The fourth-order valence-corrected chi connectivity index (χ4v) is 2.29. The van der Waals surface area contributed by atoms with Crippen molar-refractivity contribution >= 4 is 34.7 Å². The van der Waals surface area contributed by atoms with Crippen LogP contribution in [0.4, 0.5) is 5.82 Å². The number of nitrogens with zero attached hydrogens (tertiary/aromatic N) is 2. The Morgan fingerprint density at radius 3 is 3.00 bits per heavy atom. The number of nitrogens with one attached hydrogen (secondary N) is 2. The number of carbonyl (C=O) groups is 1. The molecule has 0 atom stereocenters. The summed E-state index contributed by atoms with van der Waals surface area (Å²) in [6, 6.07) is 3.02. The fourth-order valence-electron chi connectivity index (χ4n) is 1.46. The highest BCUT2D eigenvalue weighted by Gasteiger charge is 2.08. The minimum atomic E-state index is -0.225. The number of halogens is 1. The summed E-state index contributed by atoms with van der Waals surface area (Å²) in [6.45, 7) is 0.512. The predicted octanol–water partition coefficient (Wildman–Crippen LogP) is 1.45. The second kappa shape index (κ2) is 6.46. The second-order valence-electron chi connectivity index (χ2n) is 3.64. The third kappa shape index (κ3) is 3.88. The van der Waals surface area contributed by atoms with E-state index in [1.165, 1.54) is 12.1 Å². The molecule has 0 bridgehead atoms. The molecule has 2 rings (SSSR count). The number of nitrogens with two attached hydrogens (primary N) is 1. The maximum atomic E-state index is 11.9. The third-order valence-electron chi connectivity index (χ3n) is 2.31. The molecule has 2 aromatic heterocycles. The number of hydrogen-bond donors (Lipinski definition) is 3. The molecular formula is C11H12ClN5OS. The minimum Gasteiger partial charge on any atom is -0.352 e. The maximum absolute atomic E-state index is 11.9. The highest BCUT2D eigenvalue weighted by molar-refractivity contribution is 7.09. The Bertz CT molecular complexity index is 560. The molecule has 0 spiro atoms. The zero-order chi connectivity index (χ0) is 13.7. The number of aromatic nitrogens is 2. The first kappa shape index (κ1) is 13.7. The highest BCUT2D eigenvalue weighted by atomic mass is 35.5. The molecule has 19 heavy (non-hydrogen) atoms. The van der Waals surface area contributed by atoms with E-state index in [0.29, 0.717) is 24.3 Å². The van der Waals surface area contributed by atoms with Crippen LogP contribution >= 0.6 is 22.9 Å². The van der Waals surface area contributed by atoms with E-state index < -0.39 is 0 Å². The van der Waals surface area contributed by atoms with Gasteiger partial charge in [0.05, 0.1) is 5.01 Å². The number of pyridine rings is 1. The van der Waals surface area contributed by atoms with Crippen LogP contribution in [0.5, 0.6) is 0 Å². The van der Waals surface area contributed by atoms with Crippen molar-refractivity contribution in [1.82, 2.24) is 15.3 Å². The van der Waals surface area contributed by atoms with Crippen LogP contribution < -0.4 is 16.6 Å². The van der Waals surface area contributed by atoms with E-state index >= 15 is 0 Å². The van der Waals surface area contributed by atoms with Crippen molar-refractivity contribution < 1.29 is 4.79 Å². The Kier molecular flexibility index (Phi) is 4.67. The van der Waals surface area contributed by atoms with Crippen molar-refractivity contribution in [2.45, 2.75) is 6.42 Å². The van der Waals surface area contributed by atoms with E-state index in [2.05, 4.69) is 20.7 Å². The van der Waals surface area contributed by atoms with Gasteiger partial charge >= 0.3 is 0 Å². The number of hydrazine groups is 1. The summed E-state index contributed by atoms with van der Waals surface area (Å²) < 4.78 is 0. The van der Waals surface area contributed by atoms with Gasteiger partial charge in [-0.25, -0.2) is 15.8 Å². The van der Waals surface area contributed by atoms with Crippen molar-refractivity contribution in [3.05, 3.63) is 39.4 Å². The van der Waals surface area contributed by atoms with Crippen LogP contribution in [0, 0.1) is 0 Å². The molecule has 0 radical (unpaired) electrons. The Balaban J connectivity index is 1.94. The topological polar surface area (TPSA) is 92.9 Å². The molecule has 0 fully saturated rings. The highest BCUT2D eigenvalue weighted by Crippen LogP contribution is 2.13. The normalized spacial score (nSPS) is 10.2. The van der Waals surface area contributed by atoms with Gasteiger partial charge in [0.15, 0.2) is 0 Å².